The summed E-state index contributed by atoms with van der Waals surface area (Å²) < 4.78 is 30.5. The van der Waals surface area contributed by atoms with Crippen LogP contribution in [0.1, 0.15) is 19.4 Å². The van der Waals surface area contributed by atoms with Gasteiger partial charge in [-0.05, 0) is 26.0 Å². The molecule has 0 aromatic heterocycles. The van der Waals surface area contributed by atoms with Gasteiger partial charge in [0, 0.05) is 30.8 Å². The highest BCUT2D eigenvalue weighted by atomic mass is 19.3. The van der Waals surface area contributed by atoms with Gasteiger partial charge in [-0.2, -0.15) is 8.78 Å². The molecule has 1 amide bonds. The molecule has 0 saturated carbocycles. The highest BCUT2D eigenvalue weighted by Gasteiger charge is 2.20. The third kappa shape index (κ3) is 4.23. The Morgan fingerprint density at radius 2 is 1.76 bits per heavy atom. The number of halogens is 2. The molecule has 1 rings (SSSR count). The van der Waals surface area contributed by atoms with E-state index in [4.69, 9.17) is 0 Å². The Kier molecular flexibility index (Phi) is 5.77. The Labute approximate surface area is 119 Å². The first-order valence-corrected chi connectivity index (χ1v) is 6.17. The summed E-state index contributed by atoms with van der Waals surface area (Å²) in [6, 6.07) is 4.32. The molecule has 0 aliphatic carbocycles. The molecule has 6 nitrogen and oxygen atoms in total. The van der Waals surface area contributed by atoms with E-state index in [0.29, 0.717) is 13.1 Å². The minimum absolute atomic E-state index is 0.110. The van der Waals surface area contributed by atoms with Crippen molar-refractivity contribution in [2.24, 2.45) is 0 Å². The van der Waals surface area contributed by atoms with Crippen molar-refractivity contribution in [1.29, 1.82) is 0 Å². The minimum Gasteiger partial charge on any atom is -0.404 e. The normalized spacial score (nSPS) is 9.90. The molecule has 114 valence electrons. The van der Waals surface area contributed by atoms with Crippen LogP contribution in [0.5, 0.6) is 0 Å². The molecule has 0 fully saturated rings. The Morgan fingerprint density at radius 3 is 2.14 bits per heavy atom. The van der Waals surface area contributed by atoms with Crippen molar-refractivity contribution in [3.8, 4) is 0 Å². The lowest BCUT2D eigenvalue weighted by molar-refractivity contribution is -0.384. The number of ether oxygens (including phenoxy) is 1. The van der Waals surface area contributed by atoms with Crippen LogP contribution in [-0.4, -0.2) is 29.0 Å². The zero-order valence-electron chi connectivity index (χ0n) is 11.5. The first-order chi connectivity index (χ1) is 9.90. The fourth-order valence-corrected chi connectivity index (χ4v) is 1.57. The average Bonchev–Trinajstić information content (AvgIpc) is 2.45. The molecule has 0 radical (unpaired) electrons. The van der Waals surface area contributed by atoms with Gasteiger partial charge in [0.15, 0.2) is 0 Å². The van der Waals surface area contributed by atoms with Crippen LogP contribution in [0, 0.1) is 10.1 Å². The van der Waals surface area contributed by atoms with Gasteiger partial charge in [0.25, 0.3) is 5.69 Å². The van der Waals surface area contributed by atoms with Crippen LogP contribution < -0.4 is 0 Å². The van der Waals surface area contributed by atoms with Gasteiger partial charge in [-0.1, -0.05) is 0 Å². The predicted molar refractivity (Wildman–Crippen MR) is 71.6 cm³/mol. The Bertz CT molecular complexity index is 550. The summed E-state index contributed by atoms with van der Waals surface area (Å²) >= 11 is 0. The second-order valence-electron chi connectivity index (χ2n) is 3.93. The van der Waals surface area contributed by atoms with Crippen LogP contribution in [0.4, 0.5) is 19.3 Å². The topological polar surface area (TPSA) is 72.7 Å². The summed E-state index contributed by atoms with van der Waals surface area (Å²) in [4.78, 5) is 22.8. The molecule has 0 bridgehead atoms. The van der Waals surface area contributed by atoms with Crippen molar-refractivity contribution in [2.45, 2.75) is 13.8 Å². The number of hydrogen-bond acceptors (Lipinski definition) is 4. The predicted octanol–water partition coefficient (Wildman–Crippen LogP) is 3.64. The molecular weight excluding hydrogens is 286 g/mol. The molecule has 0 spiro atoms. The van der Waals surface area contributed by atoms with Gasteiger partial charge < -0.3 is 9.64 Å². The van der Waals surface area contributed by atoms with Crippen molar-refractivity contribution in [3.05, 3.63) is 46.0 Å². The molecule has 1 aromatic rings. The summed E-state index contributed by atoms with van der Waals surface area (Å²) in [7, 11) is 0. The van der Waals surface area contributed by atoms with Crippen LogP contribution >= 0.6 is 0 Å². The average molecular weight is 300 g/mol. The quantitative estimate of drug-likeness (QED) is 0.473. The number of non-ortho nitro benzene ring substituents is 1. The monoisotopic (exact) mass is 300 g/mol. The van der Waals surface area contributed by atoms with E-state index in [1.54, 1.807) is 13.8 Å². The second-order valence-corrected chi connectivity index (χ2v) is 3.93. The maximum absolute atomic E-state index is 12.9. The van der Waals surface area contributed by atoms with Crippen LogP contribution in [0.2, 0.25) is 0 Å². The summed E-state index contributed by atoms with van der Waals surface area (Å²) in [5.41, 5.74) is -0.353. The van der Waals surface area contributed by atoms with Crippen molar-refractivity contribution >= 4 is 17.5 Å². The number of benzene rings is 1. The molecule has 0 atom stereocenters. The number of nitro groups is 1. The minimum atomic E-state index is -2.18. The third-order valence-electron chi connectivity index (χ3n) is 2.72. The van der Waals surface area contributed by atoms with Crippen molar-refractivity contribution in [3.63, 3.8) is 0 Å². The first kappa shape index (κ1) is 16.5. The number of carbonyl (C=O) groups excluding carboxylic acids is 1. The number of amides is 1. The van der Waals surface area contributed by atoms with Gasteiger partial charge in [-0.3, -0.25) is 10.1 Å². The van der Waals surface area contributed by atoms with Crippen LogP contribution in [0.15, 0.2) is 30.3 Å². The summed E-state index contributed by atoms with van der Waals surface area (Å²) in [5, 5.41) is 10.5. The van der Waals surface area contributed by atoms with E-state index < -0.39 is 22.9 Å². The van der Waals surface area contributed by atoms with E-state index in [-0.39, 0.29) is 11.3 Å². The number of rotatable bonds is 5. The molecule has 1 aromatic carbocycles. The molecule has 8 heteroatoms. The van der Waals surface area contributed by atoms with Gasteiger partial charge in [-0.15, -0.1) is 0 Å². The van der Waals surface area contributed by atoms with E-state index in [2.05, 4.69) is 4.74 Å². The molecule has 0 aliphatic rings. The molecule has 0 unspecified atom stereocenters. The molecule has 21 heavy (non-hydrogen) atoms. The zero-order valence-corrected chi connectivity index (χ0v) is 11.5. The Hall–Kier alpha value is -2.51. The highest BCUT2D eigenvalue weighted by molar-refractivity contribution is 5.77. The number of carbonyl (C=O) groups is 1. The highest BCUT2D eigenvalue weighted by Crippen LogP contribution is 2.25. The molecular formula is C13H14F2N2O4. The summed E-state index contributed by atoms with van der Waals surface area (Å²) in [5.74, 6) is -0.901. The van der Waals surface area contributed by atoms with E-state index >= 15 is 0 Å². The van der Waals surface area contributed by atoms with E-state index in [1.165, 1.54) is 4.90 Å². The van der Waals surface area contributed by atoms with Crippen molar-refractivity contribution in [1.82, 2.24) is 4.90 Å². The fourth-order valence-electron chi connectivity index (χ4n) is 1.57. The van der Waals surface area contributed by atoms with Gasteiger partial charge >= 0.3 is 12.2 Å². The standard InChI is InChI=1S/C13H14F2N2O4/c1-3-16(4-2)13(18)21-11(12(14)15)9-5-7-10(8-6-9)17(19)20/h5-8H,3-4H2,1-2H3. The lowest BCUT2D eigenvalue weighted by Crippen LogP contribution is -2.30. The Balaban J connectivity index is 3.01. The van der Waals surface area contributed by atoms with Gasteiger partial charge in [0.1, 0.15) is 0 Å². The maximum atomic E-state index is 12.9. The number of nitrogens with zero attached hydrogens (tertiary/aromatic N) is 2. The Morgan fingerprint density at radius 1 is 1.24 bits per heavy atom. The van der Waals surface area contributed by atoms with Gasteiger partial charge in [-0.25, -0.2) is 4.79 Å². The lowest BCUT2D eigenvalue weighted by atomic mass is 10.2. The zero-order chi connectivity index (χ0) is 16.0. The van der Waals surface area contributed by atoms with E-state index in [0.717, 1.165) is 24.3 Å². The molecule has 0 heterocycles. The van der Waals surface area contributed by atoms with E-state index in [1.807, 2.05) is 0 Å². The molecule has 0 N–H and O–H groups in total. The second kappa shape index (κ2) is 7.32. The summed E-state index contributed by atoms with van der Waals surface area (Å²) in [6.07, 6.45) is -3.08. The third-order valence-corrected chi connectivity index (χ3v) is 2.72. The van der Waals surface area contributed by atoms with Gasteiger partial charge in [0.05, 0.1) is 4.92 Å². The van der Waals surface area contributed by atoms with Crippen LogP contribution in [0.3, 0.4) is 0 Å². The van der Waals surface area contributed by atoms with Crippen molar-refractivity contribution < 1.29 is 23.2 Å². The smallest absolute Gasteiger partial charge is 0.404 e. The SMILES string of the molecule is CCN(CC)C(=O)OC(=C(F)F)c1ccc([N+](=O)[O-])cc1. The number of hydrogen-bond donors (Lipinski definition) is 0. The number of nitro benzene ring substituents is 1. The maximum Gasteiger partial charge on any atom is 0.415 e. The fraction of sp³-hybridized carbons (Fsp3) is 0.308. The van der Waals surface area contributed by atoms with E-state index in [9.17, 15) is 23.7 Å². The van der Waals surface area contributed by atoms with Crippen molar-refractivity contribution in [2.75, 3.05) is 13.1 Å². The van der Waals surface area contributed by atoms with Gasteiger partial charge in [0.2, 0.25) is 5.76 Å². The molecule has 0 aliphatic heterocycles. The van der Waals surface area contributed by atoms with Crippen LogP contribution in [0.25, 0.3) is 5.76 Å². The summed E-state index contributed by atoms with van der Waals surface area (Å²) in [6.45, 7) is 4.01. The van der Waals surface area contributed by atoms with Crippen LogP contribution in [-0.2, 0) is 4.74 Å². The molecule has 0 saturated heterocycles. The largest absolute Gasteiger partial charge is 0.415 e. The lowest BCUT2D eigenvalue weighted by Gasteiger charge is -2.18. The first-order valence-electron chi connectivity index (χ1n) is 6.17.